The molecule has 4 aromatic rings. The zero-order chi connectivity index (χ0) is 23.2. The maximum atomic E-state index is 13.2. The topological polar surface area (TPSA) is 102 Å². The molecule has 0 atom stereocenters. The zero-order valence-corrected chi connectivity index (χ0v) is 19.5. The molecule has 2 aliphatic rings. The molecule has 1 fully saturated rings. The fourth-order valence-electron chi connectivity index (χ4n) is 5.16. The highest BCUT2D eigenvalue weighted by molar-refractivity contribution is 7.18. The highest BCUT2D eigenvalue weighted by Gasteiger charge is 2.25. The normalized spacial score (nSPS) is 16.8. The van der Waals surface area contributed by atoms with Gasteiger partial charge in [-0.15, -0.1) is 11.3 Å². The number of hydrogen-bond acceptors (Lipinski definition) is 6. The first-order valence-corrected chi connectivity index (χ1v) is 12.6. The Kier molecular flexibility index (Phi) is 5.30. The van der Waals surface area contributed by atoms with Crippen LogP contribution in [0.3, 0.4) is 0 Å². The van der Waals surface area contributed by atoms with Crippen molar-refractivity contribution in [2.75, 3.05) is 26.2 Å². The van der Waals surface area contributed by atoms with E-state index in [0.717, 1.165) is 34.9 Å². The smallest absolute Gasteiger partial charge is 0.259 e. The van der Waals surface area contributed by atoms with Crippen molar-refractivity contribution in [3.8, 4) is 0 Å². The number of fused-ring (bicyclic) bond motifs is 4. The molecule has 1 aliphatic carbocycles. The van der Waals surface area contributed by atoms with E-state index < -0.39 is 0 Å². The number of para-hydroxylation sites is 1. The third kappa shape index (κ3) is 3.74. The average molecular weight is 476 g/mol. The van der Waals surface area contributed by atoms with Gasteiger partial charge in [-0.1, -0.05) is 18.2 Å². The second-order valence-corrected chi connectivity index (χ2v) is 10.1. The van der Waals surface area contributed by atoms with Crippen molar-refractivity contribution in [3.63, 3.8) is 0 Å². The molecule has 6 rings (SSSR count). The van der Waals surface area contributed by atoms with E-state index in [9.17, 15) is 14.4 Å². The van der Waals surface area contributed by atoms with Gasteiger partial charge in [-0.3, -0.25) is 19.3 Å². The molecule has 4 heterocycles. The van der Waals surface area contributed by atoms with Crippen LogP contribution in [0.1, 0.15) is 39.5 Å². The first kappa shape index (κ1) is 21.2. The van der Waals surface area contributed by atoms with E-state index in [0.29, 0.717) is 49.6 Å². The van der Waals surface area contributed by atoms with Gasteiger partial charge in [0.25, 0.3) is 11.5 Å². The summed E-state index contributed by atoms with van der Waals surface area (Å²) < 4.78 is 0. The van der Waals surface area contributed by atoms with Gasteiger partial charge < -0.3 is 14.9 Å². The number of benzene rings is 1. The van der Waals surface area contributed by atoms with E-state index >= 15 is 0 Å². The SMILES string of the molecule is O=C(c1cc(=O)[nH]c2ccccc12)N1CCN(Cc2nc3sc4c(c3c(=O)[nH]2)CCCC4)CC1. The van der Waals surface area contributed by atoms with Crippen LogP contribution in [0.4, 0.5) is 0 Å². The second kappa shape index (κ2) is 8.48. The largest absolute Gasteiger partial charge is 0.336 e. The maximum absolute atomic E-state index is 13.2. The van der Waals surface area contributed by atoms with Crippen LogP contribution < -0.4 is 11.1 Å². The van der Waals surface area contributed by atoms with Crippen molar-refractivity contribution in [2.24, 2.45) is 0 Å². The van der Waals surface area contributed by atoms with Crippen LogP contribution in [0.2, 0.25) is 0 Å². The molecule has 0 unspecified atom stereocenters. The molecule has 3 aromatic heterocycles. The number of pyridine rings is 1. The minimum Gasteiger partial charge on any atom is -0.336 e. The van der Waals surface area contributed by atoms with Gasteiger partial charge in [0.05, 0.1) is 17.5 Å². The van der Waals surface area contributed by atoms with Crippen molar-refractivity contribution in [1.82, 2.24) is 24.8 Å². The summed E-state index contributed by atoms with van der Waals surface area (Å²) in [4.78, 5) is 54.8. The second-order valence-electron chi connectivity index (χ2n) is 9.06. The molecule has 174 valence electrons. The Morgan fingerprint density at radius 2 is 1.82 bits per heavy atom. The highest BCUT2D eigenvalue weighted by Crippen LogP contribution is 2.33. The number of carbonyl (C=O) groups excluding carboxylic acids is 1. The van der Waals surface area contributed by atoms with Gasteiger partial charge in [0.15, 0.2) is 0 Å². The van der Waals surface area contributed by atoms with Crippen LogP contribution >= 0.6 is 11.3 Å². The summed E-state index contributed by atoms with van der Waals surface area (Å²) in [5.74, 6) is 0.551. The number of amides is 1. The summed E-state index contributed by atoms with van der Waals surface area (Å²) in [6.07, 6.45) is 4.33. The lowest BCUT2D eigenvalue weighted by molar-refractivity contribution is 0.0627. The molecule has 8 nitrogen and oxygen atoms in total. The minimum absolute atomic E-state index is 0.0330. The van der Waals surface area contributed by atoms with Gasteiger partial charge >= 0.3 is 0 Å². The number of nitrogens with one attached hydrogen (secondary N) is 2. The summed E-state index contributed by atoms with van der Waals surface area (Å²) >= 11 is 1.66. The lowest BCUT2D eigenvalue weighted by Gasteiger charge is -2.34. The summed E-state index contributed by atoms with van der Waals surface area (Å²) in [5, 5.41) is 1.53. The fourth-order valence-corrected chi connectivity index (χ4v) is 6.44. The Balaban J connectivity index is 1.17. The summed E-state index contributed by atoms with van der Waals surface area (Å²) in [5.41, 5.74) is 1.99. The average Bonchev–Trinajstić information content (AvgIpc) is 3.22. The molecule has 1 amide bonds. The van der Waals surface area contributed by atoms with E-state index in [4.69, 9.17) is 4.98 Å². The molecule has 1 aromatic carbocycles. The number of H-pyrrole nitrogens is 2. The Morgan fingerprint density at radius 3 is 2.68 bits per heavy atom. The van der Waals surface area contributed by atoms with Crippen LogP contribution in [0.25, 0.3) is 21.1 Å². The van der Waals surface area contributed by atoms with Gasteiger partial charge in [0.1, 0.15) is 10.7 Å². The number of rotatable bonds is 3. The zero-order valence-electron chi connectivity index (χ0n) is 18.7. The molecule has 0 spiro atoms. The fraction of sp³-hybridized carbons (Fsp3) is 0.360. The Hall–Kier alpha value is -3.30. The first-order chi connectivity index (χ1) is 16.6. The predicted molar refractivity (Wildman–Crippen MR) is 133 cm³/mol. The lowest BCUT2D eigenvalue weighted by atomic mass is 9.97. The van der Waals surface area contributed by atoms with Crippen LogP contribution in [-0.4, -0.2) is 56.8 Å². The van der Waals surface area contributed by atoms with Crippen molar-refractivity contribution < 1.29 is 4.79 Å². The van der Waals surface area contributed by atoms with Gasteiger partial charge in [0, 0.05) is 48.0 Å². The lowest BCUT2D eigenvalue weighted by Crippen LogP contribution is -2.48. The number of carbonyl (C=O) groups is 1. The molecule has 0 radical (unpaired) electrons. The number of aromatic amines is 2. The molecule has 34 heavy (non-hydrogen) atoms. The van der Waals surface area contributed by atoms with Crippen LogP contribution in [-0.2, 0) is 19.4 Å². The van der Waals surface area contributed by atoms with Crippen molar-refractivity contribution in [3.05, 3.63) is 72.9 Å². The standard InChI is InChI=1S/C25H25N5O3S/c31-21-13-17(15-5-1-3-7-18(15)26-21)25(33)30-11-9-29(10-12-30)14-20-27-23(32)22-16-6-2-4-8-19(16)34-24(22)28-20/h1,3,5,7,13H,2,4,6,8-12,14H2,(H,26,31)(H,27,28,32). The molecule has 9 heteroatoms. The minimum atomic E-state index is -0.277. The molecule has 2 N–H and O–H groups in total. The van der Waals surface area contributed by atoms with Crippen molar-refractivity contribution in [2.45, 2.75) is 32.2 Å². The monoisotopic (exact) mass is 475 g/mol. The Labute approximate surface area is 199 Å². The van der Waals surface area contributed by atoms with Gasteiger partial charge in [-0.25, -0.2) is 4.98 Å². The first-order valence-electron chi connectivity index (χ1n) is 11.7. The quantitative estimate of drug-likeness (QED) is 0.474. The van der Waals surface area contributed by atoms with E-state index in [-0.39, 0.29) is 17.0 Å². The van der Waals surface area contributed by atoms with Gasteiger partial charge in [-0.2, -0.15) is 0 Å². The van der Waals surface area contributed by atoms with Gasteiger partial charge in [0.2, 0.25) is 5.56 Å². The van der Waals surface area contributed by atoms with E-state index in [1.807, 2.05) is 18.2 Å². The predicted octanol–water partition coefficient (Wildman–Crippen LogP) is 2.66. The number of piperazine rings is 1. The molecule has 1 aliphatic heterocycles. The summed E-state index contributed by atoms with van der Waals surface area (Å²) in [6.45, 7) is 3.01. The molecule has 0 bridgehead atoms. The molecule has 0 saturated carbocycles. The number of hydrogen-bond donors (Lipinski definition) is 2. The van der Waals surface area contributed by atoms with Crippen molar-refractivity contribution in [1.29, 1.82) is 0 Å². The van der Waals surface area contributed by atoms with Crippen LogP contribution in [0.15, 0.2) is 39.9 Å². The van der Waals surface area contributed by atoms with Crippen molar-refractivity contribution >= 4 is 38.4 Å². The number of aryl methyl sites for hydroxylation is 2. The molecule has 1 saturated heterocycles. The Morgan fingerprint density at radius 1 is 1.03 bits per heavy atom. The van der Waals surface area contributed by atoms with Crippen LogP contribution in [0.5, 0.6) is 0 Å². The van der Waals surface area contributed by atoms with E-state index in [1.165, 1.54) is 22.9 Å². The third-order valence-corrected chi connectivity index (χ3v) is 8.07. The van der Waals surface area contributed by atoms with Gasteiger partial charge in [-0.05, 0) is 37.3 Å². The maximum Gasteiger partial charge on any atom is 0.259 e. The Bertz CT molecular complexity index is 1530. The summed E-state index contributed by atoms with van der Waals surface area (Å²) in [6, 6.07) is 8.76. The van der Waals surface area contributed by atoms with E-state index in [1.54, 1.807) is 22.3 Å². The molecular formula is C25H25N5O3S. The highest BCUT2D eigenvalue weighted by atomic mass is 32.1. The molecular weight excluding hydrogens is 450 g/mol. The number of aromatic nitrogens is 3. The third-order valence-electron chi connectivity index (χ3n) is 6.89. The summed E-state index contributed by atoms with van der Waals surface area (Å²) in [7, 11) is 0. The van der Waals surface area contributed by atoms with Crippen LogP contribution in [0, 0.1) is 0 Å². The number of thiophene rings is 1. The number of nitrogens with zero attached hydrogens (tertiary/aromatic N) is 3. The van der Waals surface area contributed by atoms with E-state index in [2.05, 4.69) is 14.9 Å².